The summed E-state index contributed by atoms with van der Waals surface area (Å²) in [5.74, 6) is 1.92. The molecule has 1 nitrogen and oxygen atoms in total. The van der Waals surface area contributed by atoms with Crippen molar-refractivity contribution in [3.8, 4) is 5.75 Å². The van der Waals surface area contributed by atoms with Crippen molar-refractivity contribution in [1.29, 1.82) is 0 Å². The van der Waals surface area contributed by atoms with Crippen molar-refractivity contribution in [1.82, 2.24) is 0 Å². The molecule has 0 amide bonds. The van der Waals surface area contributed by atoms with E-state index in [1.807, 2.05) is 23.9 Å². The van der Waals surface area contributed by atoms with E-state index < -0.39 is 0 Å². The van der Waals surface area contributed by atoms with Crippen molar-refractivity contribution in [2.45, 2.75) is 10.6 Å². The number of ether oxygens (including phenoxy) is 1. The fraction of sp³-hybridized carbons (Fsp3) is 0.167. The molecule has 0 aliphatic rings. The number of benzene rings is 1. The van der Waals surface area contributed by atoms with Crippen LogP contribution in [0.3, 0.4) is 0 Å². The van der Waals surface area contributed by atoms with Crippen LogP contribution in [0.1, 0.15) is 4.88 Å². The average Bonchev–Trinajstić information content (AvgIpc) is 2.73. The lowest BCUT2D eigenvalue weighted by molar-refractivity contribution is 0.414. The molecule has 4 heteroatoms. The molecule has 0 N–H and O–H groups in total. The van der Waals surface area contributed by atoms with Crippen LogP contribution in [0.4, 0.5) is 0 Å². The SMILES string of the molecule is COc1ccc(SCc2ccc(Br)s2)cc1. The summed E-state index contributed by atoms with van der Waals surface area (Å²) in [6, 6.07) is 12.4. The Balaban J connectivity index is 1.94. The predicted molar refractivity (Wildman–Crippen MR) is 74.6 cm³/mol. The van der Waals surface area contributed by atoms with Crippen LogP contribution in [-0.4, -0.2) is 7.11 Å². The molecule has 1 aromatic carbocycles. The lowest BCUT2D eigenvalue weighted by Gasteiger charge is -2.02. The lowest BCUT2D eigenvalue weighted by Crippen LogP contribution is -1.81. The zero-order chi connectivity index (χ0) is 11.4. The lowest BCUT2D eigenvalue weighted by atomic mass is 10.3. The quantitative estimate of drug-likeness (QED) is 0.749. The highest BCUT2D eigenvalue weighted by atomic mass is 79.9. The Morgan fingerprint density at radius 3 is 2.50 bits per heavy atom. The number of thioether (sulfide) groups is 1. The van der Waals surface area contributed by atoms with Crippen LogP contribution in [-0.2, 0) is 5.75 Å². The van der Waals surface area contributed by atoms with Gasteiger partial charge in [-0.1, -0.05) is 0 Å². The third-order valence-electron chi connectivity index (χ3n) is 2.07. The molecule has 0 aliphatic heterocycles. The van der Waals surface area contributed by atoms with E-state index in [0.717, 1.165) is 11.5 Å². The van der Waals surface area contributed by atoms with Gasteiger partial charge in [0.05, 0.1) is 10.9 Å². The summed E-state index contributed by atoms with van der Waals surface area (Å²) in [5, 5.41) is 0. The van der Waals surface area contributed by atoms with Crippen LogP contribution >= 0.6 is 39.0 Å². The van der Waals surface area contributed by atoms with Crippen molar-refractivity contribution < 1.29 is 4.74 Å². The minimum absolute atomic E-state index is 0.906. The fourth-order valence-electron chi connectivity index (χ4n) is 1.26. The highest BCUT2D eigenvalue weighted by Gasteiger charge is 2.00. The second-order valence-electron chi connectivity index (χ2n) is 3.17. The molecule has 0 saturated heterocycles. The van der Waals surface area contributed by atoms with Crippen LogP contribution in [0.5, 0.6) is 5.75 Å². The molecule has 0 radical (unpaired) electrons. The van der Waals surface area contributed by atoms with Gasteiger partial charge in [-0.2, -0.15) is 0 Å². The van der Waals surface area contributed by atoms with Crippen LogP contribution < -0.4 is 4.74 Å². The van der Waals surface area contributed by atoms with E-state index in [4.69, 9.17) is 4.74 Å². The minimum Gasteiger partial charge on any atom is -0.497 e. The van der Waals surface area contributed by atoms with Gasteiger partial charge in [-0.3, -0.25) is 0 Å². The second-order valence-corrected chi connectivity index (χ2v) is 6.77. The Bertz CT molecular complexity index is 450. The van der Waals surface area contributed by atoms with Crippen molar-refractivity contribution in [3.05, 3.63) is 45.1 Å². The van der Waals surface area contributed by atoms with E-state index in [2.05, 4.69) is 40.2 Å². The first kappa shape index (κ1) is 12.0. The molecule has 16 heavy (non-hydrogen) atoms. The van der Waals surface area contributed by atoms with Crippen LogP contribution in [0.25, 0.3) is 0 Å². The van der Waals surface area contributed by atoms with Crippen molar-refractivity contribution >= 4 is 39.0 Å². The van der Waals surface area contributed by atoms with Gasteiger partial charge in [0.1, 0.15) is 5.75 Å². The Hall–Kier alpha value is -0.450. The van der Waals surface area contributed by atoms with Gasteiger partial charge in [0, 0.05) is 15.5 Å². The largest absolute Gasteiger partial charge is 0.497 e. The van der Waals surface area contributed by atoms with Gasteiger partial charge >= 0.3 is 0 Å². The minimum atomic E-state index is 0.906. The average molecular weight is 315 g/mol. The number of hydrogen-bond donors (Lipinski definition) is 0. The maximum atomic E-state index is 5.12. The number of methoxy groups -OCH3 is 1. The Labute approximate surface area is 112 Å². The van der Waals surface area contributed by atoms with E-state index in [0.29, 0.717) is 0 Å². The highest BCUT2D eigenvalue weighted by molar-refractivity contribution is 9.11. The molecule has 0 aliphatic carbocycles. The summed E-state index contributed by atoms with van der Waals surface area (Å²) in [6.07, 6.45) is 0. The van der Waals surface area contributed by atoms with Crippen LogP contribution in [0, 0.1) is 0 Å². The van der Waals surface area contributed by atoms with Gasteiger partial charge in [-0.05, 0) is 52.3 Å². The van der Waals surface area contributed by atoms with Gasteiger partial charge in [0.25, 0.3) is 0 Å². The summed E-state index contributed by atoms with van der Waals surface area (Å²) < 4.78 is 6.31. The second kappa shape index (κ2) is 5.75. The predicted octanol–water partition coefficient (Wildman–Crippen LogP) is 4.81. The number of halogens is 1. The molecule has 2 rings (SSSR count). The first-order chi connectivity index (χ1) is 7.78. The smallest absolute Gasteiger partial charge is 0.118 e. The van der Waals surface area contributed by atoms with E-state index in [-0.39, 0.29) is 0 Å². The zero-order valence-corrected chi connectivity index (χ0v) is 12.0. The van der Waals surface area contributed by atoms with Gasteiger partial charge < -0.3 is 4.74 Å². The molecule has 0 atom stereocenters. The molecule has 0 unspecified atom stereocenters. The summed E-state index contributed by atoms with van der Waals surface area (Å²) >= 11 is 7.10. The van der Waals surface area contributed by atoms with Crippen molar-refractivity contribution in [2.24, 2.45) is 0 Å². The van der Waals surface area contributed by atoms with Crippen molar-refractivity contribution in [3.63, 3.8) is 0 Å². The maximum absolute atomic E-state index is 5.12. The molecule has 0 bridgehead atoms. The summed E-state index contributed by atoms with van der Waals surface area (Å²) in [4.78, 5) is 2.65. The summed E-state index contributed by atoms with van der Waals surface area (Å²) in [7, 11) is 1.69. The molecule has 0 fully saturated rings. The monoisotopic (exact) mass is 314 g/mol. The third kappa shape index (κ3) is 3.27. The topological polar surface area (TPSA) is 9.23 Å². The molecule has 0 saturated carbocycles. The number of rotatable bonds is 4. The Kier molecular flexibility index (Phi) is 4.32. The van der Waals surface area contributed by atoms with Gasteiger partial charge in [0.15, 0.2) is 0 Å². The standard InChI is InChI=1S/C12H11BrOS2/c1-14-9-2-4-10(5-3-9)15-8-11-6-7-12(13)16-11/h2-7H,8H2,1H3. The van der Waals surface area contributed by atoms with Crippen LogP contribution in [0.2, 0.25) is 0 Å². The molecule has 2 aromatic rings. The summed E-state index contributed by atoms with van der Waals surface area (Å²) in [6.45, 7) is 0. The number of hydrogen-bond acceptors (Lipinski definition) is 3. The molecule has 84 valence electrons. The van der Waals surface area contributed by atoms with E-state index >= 15 is 0 Å². The van der Waals surface area contributed by atoms with Gasteiger partial charge in [-0.15, -0.1) is 23.1 Å². The summed E-state index contributed by atoms with van der Waals surface area (Å²) in [5.41, 5.74) is 0. The first-order valence-electron chi connectivity index (χ1n) is 4.79. The maximum Gasteiger partial charge on any atom is 0.118 e. The number of thiophene rings is 1. The normalized spacial score (nSPS) is 10.4. The Morgan fingerprint density at radius 2 is 1.94 bits per heavy atom. The van der Waals surface area contributed by atoms with E-state index in [1.165, 1.54) is 13.6 Å². The third-order valence-corrected chi connectivity index (χ3v) is 4.94. The Morgan fingerprint density at radius 1 is 1.19 bits per heavy atom. The van der Waals surface area contributed by atoms with E-state index in [1.54, 1.807) is 18.4 Å². The molecular formula is C12H11BrOS2. The fourth-order valence-corrected chi connectivity index (χ4v) is 3.68. The zero-order valence-electron chi connectivity index (χ0n) is 8.77. The van der Waals surface area contributed by atoms with E-state index in [9.17, 15) is 0 Å². The molecular weight excluding hydrogens is 304 g/mol. The van der Waals surface area contributed by atoms with Crippen LogP contribution in [0.15, 0.2) is 45.1 Å². The first-order valence-corrected chi connectivity index (χ1v) is 7.38. The molecule has 0 spiro atoms. The van der Waals surface area contributed by atoms with Gasteiger partial charge in [-0.25, -0.2) is 0 Å². The van der Waals surface area contributed by atoms with Gasteiger partial charge in [0.2, 0.25) is 0 Å². The van der Waals surface area contributed by atoms with Crippen molar-refractivity contribution in [2.75, 3.05) is 7.11 Å². The molecule has 1 heterocycles. The highest BCUT2D eigenvalue weighted by Crippen LogP contribution is 2.29. The molecule has 1 aromatic heterocycles.